The maximum atomic E-state index is 5.49. The van der Waals surface area contributed by atoms with Crippen LogP contribution in [0.4, 0.5) is 0 Å². The van der Waals surface area contributed by atoms with Gasteiger partial charge in [0, 0.05) is 11.1 Å². The molecule has 0 bridgehead atoms. The van der Waals surface area contributed by atoms with Crippen molar-refractivity contribution >= 4 is 16.6 Å². The van der Waals surface area contributed by atoms with Gasteiger partial charge in [-0.1, -0.05) is 200 Å². The van der Waals surface area contributed by atoms with Gasteiger partial charge < -0.3 is 5.32 Å². The molecular formula is C50H37N3. The summed E-state index contributed by atoms with van der Waals surface area (Å²) in [7, 11) is 0. The predicted octanol–water partition coefficient (Wildman–Crippen LogP) is 11.2. The lowest BCUT2D eigenvalue weighted by atomic mass is 9.67. The fourth-order valence-electron chi connectivity index (χ4n) is 8.81. The summed E-state index contributed by atoms with van der Waals surface area (Å²) in [5.41, 5.74) is 12.9. The Hall–Kier alpha value is -6.55. The van der Waals surface area contributed by atoms with Gasteiger partial charge in [-0.25, -0.2) is 4.99 Å². The minimum Gasteiger partial charge on any atom is -0.350 e. The van der Waals surface area contributed by atoms with Gasteiger partial charge in [0.05, 0.1) is 5.41 Å². The van der Waals surface area contributed by atoms with Gasteiger partial charge in [0.25, 0.3) is 0 Å². The summed E-state index contributed by atoms with van der Waals surface area (Å²) in [6.07, 6.45) is -0.481. The van der Waals surface area contributed by atoms with Crippen LogP contribution in [-0.2, 0) is 5.41 Å². The Labute approximate surface area is 310 Å². The third kappa shape index (κ3) is 5.04. The van der Waals surface area contributed by atoms with Crippen molar-refractivity contribution in [3.63, 3.8) is 0 Å². The first-order valence-electron chi connectivity index (χ1n) is 18.4. The molecule has 0 amide bonds. The zero-order valence-electron chi connectivity index (χ0n) is 29.2. The maximum Gasteiger partial charge on any atom is 0.131 e. The van der Waals surface area contributed by atoms with E-state index in [0.29, 0.717) is 0 Å². The molecule has 252 valence electrons. The van der Waals surface area contributed by atoms with Gasteiger partial charge in [0.1, 0.15) is 18.2 Å². The standard InChI is InChI=1S/C50H37N3/c1-5-19-35(20-6-1)47-51-48(36-21-7-2-8-22-36)53-49(52-47)46-39-27-14-13-18-34(39)32-33-41(46)40-29-17-31-44-45(40)42-28-15-16-30-43(42)50(44,37-23-9-3-10-24-37)38-25-11-4-12-26-38/h1-33,47,49,52H,(H,51,53). The van der Waals surface area contributed by atoms with E-state index >= 15 is 0 Å². The Morgan fingerprint density at radius 3 is 1.77 bits per heavy atom. The number of hydrogen-bond acceptors (Lipinski definition) is 3. The fourth-order valence-corrected chi connectivity index (χ4v) is 8.81. The van der Waals surface area contributed by atoms with Crippen molar-refractivity contribution in [3.8, 4) is 22.3 Å². The smallest absolute Gasteiger partial charge is 0.131 e. The Bertz CT molecular complexity index is 2580. The van der Waals surface area contributed by atoms with E-state index in [4.69, 9.17) is 4.99 Å². The van der Waals surface area contributed by atoms with Crippen LogP contribution < -0.4 is 10.6 Å². The van der Waals surface area contributed by atoms with E-state index < -0.39 is 5.41 Å². The van der Waals surface area contributed by atoms with Crippen LogP contribution in [0.5, 0.6) is 0 Å². The van der Waals surface area contributed by atoms with Crippen LogP contribution in [0, 0.1) is 0 Å². The van der Waals surface area contributed by atoms with Crippen molar-refractivity contribution in [1.29, 1.82) is 0 Å². The molecule has 1 heterocycles. The molecular weight excluding hydrogens is 643 g/mol. The highest BCUT2D eigenvalue weighted by Crippen LogP contribution is 2.58. The van der Waals surface area contributed by atoms with Crippen LogP contribution in [0.2, 0.25) is 0 Å². The molecule has 1 aliphatic carbocycles. The fraction of sp³-hybridized carbons (Fsp3) is 0.0600. The zero-order valence-corrected chi connectivity index (χ0v) is 29.2. The highest BCUT2D eigenvalue weighted by molar-refractivity contribution is 6.02. The van der Waals surface area contributed by atoms with E-state index in [-0.39, 0.29) is 12.3 Å². The highest BCUT2D eigenvalue weighted by Gasteiger charge is 2.47. The summed E-state index contributed by atoms with van der Waals surface area (Å²) in [5, 5.41) is 10.1. The summed E-state index contributed by atoms with van der Waals surface area (Å²) in [5.74, 6) is 0.873. The average molecular weight is 680 g/mol. The monoisotopic (exact) mass is 679 g/mol. The largest absolute Gasteiger partial charge is 0.350 e. The molecule has 10 rings (SSSR count). The third-order valence-corrected chi connectivity index (χ3v) is 11.1. The molecule has 0 radical (unpaired) electrons. The molecule has 2 unspecified atom stereocenters. The molecule has 2 aliphatic rings. The molecule has 0 saturated heterocycles. The SMILES string of the molecule is c1ccc(C2=NC(c3c(-c4cccc5c4-c4ccccc4C5(c4ccccc4)c4ccccc4)ccc4ccccc34)NC(c3ccccc3)N2)cc1. The number of aliphatic imine (C=N–C) groups is 1. The lowest BCUT2D eigenvalue weighted by Gasteiger charge is -2.34. The summed E-state index contributed by atoms with van der Waals surface area (Å²) >= 11 is 0. The molecule has 0 fully saturated rings. The van der Waals surface area contributed by atoms with Crippen LogP contribution >= 0.6 is 0 Å². The van der Waals surface area contributed by atoms with Crippen molar-refractivity contribution in [2.24, 2.45) is 4.99 Å². The van der Waals surface area contributed by atoms with Crippen LogP contribution in [0.3, 0.4) is 0 Å². The molecule has 3 nitrogen and oxygen atoms in total. The van der Waals surface area contributed by atoms with E-state index in [1.54, 1.807) is 0 Å². The average Bonchev–Trinajstić information content (AvgIpc) is 3.56. The quantitative estimate of drug-likeness (QED) is 0.184. The molecule has 0 saturated carbocycles. The Morgan fingerprint density at radius 2 is 1.04 bits per heavy atom. The van der Waals surface area contributed by atoms with Crippen molar-refractivity contribution in [2.45, 2.75) is 17.7 Å². The molecule has 53 heavy (non-hydrogen) atoms. The molecule has 8 aromatic rings. The minimum absolute atomic E-state index is 0.147. The lowest BCUT2D eigenvalue weighted by Crippen LogP contribution is -2.45. The number of amidine groups is 1. The molecule has 2 atom stereocenters. The molecule has 2 N–H and O–H groups in total. The summed E-state index contributed by atoms with van der Waals surface area (Å²) < 4.78 is 0. The summed E-state index contributed by atoms with van der Waals surface area (Å²) in [6, 6.07) is 72.4. The molecule has 8 aromatic carbocycles. The number of nitrogens with one attached hydrogen (secondary N) is 2. The topological polar surface area (TPSA) is 36.4 Å². The van der Waals surface area contributed by atoms with E-state index in [9.17, 15) is 0 Å². The highest BCUT2D eigenvalue weighted by atomic mass is 15.3. The number of nitrogens with zero attached hydrogens (tertiary/aromatic N) is 1. The Morgan fingerprint density at radius 1 is 0.453 bits per heavy atom. The first-order valence-corrected chi connectivity index (χ1v) is 18.4. The number of benzene rings is 8. The van der Waals surface area contributed by atoms with Crippen LogP contribution in [0.1, 0.15) is 51.3 Å². The van der Waals surface area contributed by atoms with E-state index in [2.05, 4.69) is 211 Å². The van der Waals surface area contributed by atoms with Crippen molar-refractivity contribution in [1.82, 2.24) is 10.6 Å². The van der Waals surface area contributed by atoms with E-state index in [1.807, 2.05) is 0 Å². The van der Waals surface area contributed by atoms with Crippen molar-refractivity contribution in [3.05, 3.63) is 239 Å². The molecule has 0 spiro atoms. The van der Waals surface area contributed by atoms with E-state index in [0.717, 1.165) is 17.0 Å². The van der Waals surface area contributed by atoms with Gasteiger partial charge in [-0.05, 0) is 60.8 Å². The molecule has 3 heteroatoms. The van der Waals surface area contributed by atoms with E-state index in [1.165, 1.54) is 60.8 Å². The number of fused-ring (bicyclic) bond motifs is 4. The zero-order chi connectivity index (χ0) is 35.2. The second-order valence-electron chi connectivity index (χ2n) is 13.9. The van der Waals surface area contributed by atoms with Gasteiger partial charge in [-0.15, -0.1) is 0 Å². The van der Waals surface area contributed by atoms with Gasteiger partial charge in [0.2, 0.25) is 0 Å². The Kier molecular flexibility index (Phi) is 7.59. The lowest BCUT2D eigenvalue weighted by molar-refractivity contribution is 0.411. The van der Waals surface area contributed by atoms with Crippen LogP contribution in [0.25, 0.3) is 33.0 Å². The molecule has 1 aliphatic heterocycles. The van der Waals surface area contributed by atoms with Gasteiger partial charge in [-0.3, -0.25) is 5.32 Å². The number of hydrogen-bond donors (Lipinski definition) is 2. The molecule has 0 aromatic heterocycles. The van der Waals surface area contributed by atoms with Crippen molar-refractivity contribution in [2.75, 3.05) is 0 Å². The van der Waals surface area contributed by atoms with Gasteiger partial charge >= 0.3 is 0 Å². The normalized spacial score (nSPS) is 17.0. The predicted molar refractivity (Wildman–Crippen MR) is 218 cm³/mol. The van der Waals surface area contributed by atoms with Gasteiger partial charge in [-0.2, -0.15) is 0 Å². The first kappa shape index (κ1) is 31.2. The summed E-state index contributed by atoms with van der Waals surface area (Å²) in [6.45, 7) is 0. The van der Waals surface area contributed by atoms with Crippen molar-refractivity contribution < 1.29 is 0 Å². The van der Waals surface area contributed by atoms with Gasteiger partial charge in [0.15, 0.2) is 0 Å². The van der Waals surface area contributed by atoms with Crippen LogP contribution in [-0.4, -0.2) is 5.84 Å². The second kappa shape index (κ2) is 12.9. The Balaban J connectivity index is 1.26. The number of rotatable bonds is 6. The maximum absolute atomic E-state index is 5.49. The minimum atomic E-state index is -0.481. The third-order valence-electron chi connectivity index (χ3n) is 11.1. The van der Waals surface area contributed by atoms with Crippen LogP contribution in [0.15, 0.2) is 205 Å². The first-order chi connectivity index (χ1) is 26.3. The summed E-state index contributed by atoms with van der Waals surface area (Å²) in [4.78, 5) is 5.49. The second-order valence-corrected chi connectivity index (χ2v) is 13.9.